The predicted molar refractivity (Wildman–Crippen MR) is 160 cm³/mol. The molecule has 0 atom stereocenters. The number of piperidine rings is 1. The Morgan fingerprint density at radius 3 is 2.27 bits per heavy atom. The van der Waals surface area contributed by atoms with Gasteiger partial charge in [-0.25, -0.2) is 0 Å². The van der Waals surface area contributed by atoms with Crippen molar-refractivity contribution in [1.82, 2.24) is 4.90 Å². The molecular formula is C31H28Cl2N2O4S. The lowest BCUT2D eigenvalue weighted by Crippen LogP contribution is -2.51. The molecule has 2 heterocycles. The van der Waals surface area contributed by atoms with Crippen LogP contribution in [-0.4, -0.2) is 48.1 Å². The molecule has 3 aromatic carbocycles. The van der Waals surface area contributed by atoms with E-state index in [4.69, 9.17) is 38.8 Å². The Kier molecular flexibility index (Phi) is 8.47. The lowest BCUT2D eigenvalue weighted by atomic mass is 9.72. The van der Waals surface area contributed by atoms with Crippen LogP contribution in [0.4, 0.5) is 0 Å². The van der Waals surface area contributed by atoms with E-state index in [9.17, 15) is 9.59 Å². The van der Waals surface area contributed by atoms with E-state index >= 15 is 0 Å². The summed E-state index contributed by atoms with van der Waals surface area (Å²) in [6, 6.07) is 24.3. The number of carbonyl (C=O) groups excluding carboxylic acids is 2. The third-order valence-electron chi connectivity index (χ3n) is 7.35. The van der Waals surface area contributed by atoms with Gasteiger partial charge in [-0.05, 0) is 54.3 Å². The number of nitrogens with zero attached hydrogens (tertiary/aromatic N) is 1. The van der Waals surface area contributed by atoms with E-state index in [1.165, 1.54) is 11.3 Å². The lowest BCUT2D eigenvalue weighted by Gasteiger charge is -2.40. The van der Waals surface area contributed by atoms with Gasteiger partial charge in [0.2, 0.25) is 5.91 Å². The second-order valence-corrected chi connectivity index (χ2v) is 11.6. The number of rotatable bonds is 8. The maximum Gasteiger partial charge on any atom is 0.263 e. The van der Waals surface area contributed by atoms with Crippen LogP contribution in [0.1, 0.15) is 28.1 Å². The molecule has 3 N–H and O–H groups in total. The summed E-state index contributed by atoms with van der Waals surface area (Å²) in [7, 11) is 0. The number of amides is 2. The van der Waals surface area contributed by atoms with Gasteiger partial charge in [0.15, 0.2) is 0 Å². The third-order valence-corrected chi connectivity index (χ3v) is 9.05. The number of carbonyl (C=O) groups is 2. The molecule has 1 aliphatic rings. The largest absolute Gasteiger partial charge is 0.491 e. The Hall–Kier alpha value is -3.36. The van der Waals surface area contributed by atoms with E-state index in [1.54, 1.807) is 17.0 Å². The summed E-state index contributed by atoms with van der Waals surface area (Å²) >= 11 is 14.1. The number of ether oxygens (including phenoxy) is 1. The first kappa shape index (κ1) is 28.2. The van der Waals surface area contributed by atoms with Gasteiger partial charge in [-0.15, -0.1) is 11.3 Å². The normalized spacial score (nSPS) is 14.6. The molecule has 6 nitrogen and oxygen atoms in total. The average Bonchev–Trinajstić information content (AvgIpc) is 3.41. The van der Waals surface area contributed by atoms with Crippen molar-refractivity contribution < 1.29 is 19.4 Å². The highest BCUT2D eigenvalue weighted by molar-refractivity contribution is 7.18. The van der Waals surface area contributed by atoms with Gasteiger partial charge in [-0.1, -0.05) is 71.7 Å². The Morgan fingerprint density at radius 2 is 1.65 bits per heavy atom. The molecule has 5 rings (SSSR count). The average molecular weight is 596 g/mol. The fourth-order valence-corrected chi connectivity index (χ4v) is 6.91. The van der Waals surface area contributed by atoms with Gasteiger partial charge in [0.25, 0.3) is 5.91 Å². The van der Waals surface area contributed by atoms with Crippen LogP contribution in [0.2, 0.25) is 10.0 Å². The topological polar surface area (TPSA) is 92.9 Å². The van der Waals surface area contributed by atoms with Crippen LogP contribution < -0.4 is 10.5 Å². The smallest absolute Gasteiger partial charge is 0.263 e. The summed E-state index contributed by atoms with van der Waals surface area (Å²) in [4.78, 5) is 29.6. The van der Waals surface area contributed by atoms with E-state index in [1.807, 2.05) is 66.7 Å². The summed E-state index contributed by atoms with van der Waals surface area (Å²) in [6.45, 7) is 0.967. The van der Waals surface area contributed by atoms with E-state index < -0.39 is 5.41 Å². The summed E-state index contributed by atoms with van der Waals surface area (Å²) in [5.74, 6) is 0.173. The quantitative estimate of drug-likeness (QED) is 0.246. The van der Waals surface area contributed by atoms with E-state index in [0.717, 1.165) is 27.1 Å². The lowest BCUT2D eigenvalue weighted by molar-refractivity contribution is -0.125. The molecule has 0 spiro atoms. The monoisotopic (exact) mass is 594 g/mol. The summed E-state index contributed by atoms with van der Waals surface area (Å²) < 4.78 is 5.50. The van der Waals surface area contributed by atoms with Crippen molar-refractivity contribution in [2.45, 2.75) is 18.3 Å². The highest BCUT2D eigenvalue weighted by Crippen LogP contribution is 2.44. The highest BCUT2D eigenvalue weighted by Gasteiger charge is 2.42. The summed E-state index contributed by atoms with van der Waals surface area (Å²) in [5.41, 5.74) is 8.53. The van der Waals surface area contributed by atoms with E-state index in [2.05, 4.69) is 0 Å². The number of halogens is 2. The predicted octanol–water partition coefficient (Wildman–Crippen LogP) is 6.42. The number of aliphatic hydroxyl groups is 1. The van der Waals surface area contributed by atoms with Crippen molar-refractivity contribution >= 4 is 46.4 Å². The minimum atomic E-state index is -0.791. The van der Waals surface area contributed by atoms with Crippen LogP contribution in [0, 0.1) is 0 Å². The Labute approximate surface area is 246 Å². The number of primary amides is 1. The Morgan fingerprint density at radius 1 is 0.950 bits per heavy atom. The van der Waals surface area contributed by atoms with Crippen molar-refractivity contribution in [2.24, 2.45) is 5.73 Å². The first-order valence-electron chi connectivity index (χ1n) is 12.9. The number of hydrogen-bond donors (Lipinski definition) is 2. The van der Waals surface area contributed by atoms with Crippen LogP contribution in [-0.2, 0) is 10.2 Å². The van der Waals surface area contributed by atoms with Gasteiger partial charge >= 0.3 is 0 Å². The van der Waals surface area contributed by atoms with Crippen molar-refractivity contribution in [3.8, 4) is 27.3 Å². The molecule has 9 heteroatoms. The SMILES string of the molecule is NC(=O)C1(c2ccccc2)CCN(C(=O)c2cc(-c3ccc(OCCO)cc3)c(-c3ccc(Cl)cc3Cl)s2)CC1. The molecule has 0 radical (unpaired) electrons. The molecule has 1 aromatic heterocycles. The van der Waals surface area contributed by atoms with Crippen molar-refractivity contribution in [1.29, 1.82) is 0 Å². The number of hydrogen-bond acceptors (Lipinski definition) is 5. The third kappa shape index (κ3) is 5.60. The van der Waals surface area contributed by atoms with Gasteiger partial charge in [0.1, 0.15) is 12.4 Å². The van der Waals surface area contributed by atoms with Crippen LogP contribution >= 0.6 is 34.5 Å². The zero-order valence-electron chi connectivity index (χ0n) is 21.6. The van der Waals surface area contributed by atoms with Crippen LogP contribution in [0.25, 0.3) is 21.6 Å². The first-order valence-corrected chi connectivity index (χ1v) is 14.5. The summed E-state index contributed by atoms with van der Waals surface area (Å²) in [5, 5.41) is 10.1. The number of benzene rings is 3. The molecule has 0 saturated carbocycles. The van der Waals surface area contributed by atoms with Gasteiger partial charge in [0.05, 0.1) is 21.9 Å². The molecule has 4 aromatic rings. The van der Waals surface area contributed by atoms with Gasteiger partial charge < -0.3 is 20.5 Å². The number of aliphatic hydroxyl groups excluding tert-OH is 1. The van der Waals surface area contributed by atoms with Crippen molar-refractivity contribution in [3.05, 3.63) is 99.3 Å². The molecule has 206 valence electrons. The molecule has 1 aliphatic heterocycles. The van der Waals surface area contributed by atoms with E-state index in [0.29, 0.717) is 46.6 Å². The minimum Gasteiger partial charge on any atom is -0.491 e. The second kappa shape index (κ2) is 12.0. The standard InChI is InChI=1S/C31H28Cl2N2O4S/c32-22-8-11-24(26(33)18-22)28-25(20-6-9-23(10-7-20)39-17-16-36)19-27(40-28)29(37)35-14-12-31(13-15-35,30(34)38)21-4-2-1-3-5-21/h1-11,18-19,36H,12-17H2,(H2,34,38). The van der Waals surface area contributed by atoms with E-state index in [-0.39, 0.29) is 25.0 Å². The fourth-order valence-electron chi connectivity index (χ4n) is 5.16. The molecular weight excluding hydrogens is 567 g/mol. The molecule has 0 unspecified atom stereocenters. The molecule has 1 fully saturated rings. The highest BCUT2D eigenvalue weighted by atomic mass is 35.5. The van der Waals surface area contributed by atoms with Crippen molar-refractivity contribution in [3.63, 3.8) is 0 Å². The van der Waals surface area contributed by atoms with Gasteiger partial charge in [-0.3, -0.25) is 9.59 Å². The Balaban J connectivity index is 1.46. The zero-order chi connectivity index (χ0) is 28.3. The maximum absolute atomic E-state index is 13.8. The molecule has 1 saturated heterocycles. The zero-order valence-corrected chi connectivity index (χ0v) is 23.9. The molecule has 40 heavy (non-hydrogen) atoms. The summed E-state index contributed by atoms with van der Waals surface area (Å²) in [6.07, 6.45) is 0.920. The number of likely N-dealkylation sites (tertiary alicyclic amines) is 1. The first-order chi connectivity index (χ1) is 19.3. The second-order valence-electron chi connectivity index (χ2n) is 9.68. The van der Waals surface area contributed by atoms with Gasteiger partial charge in [-0.2, -0.15) is 0 Å². The Bertz CT molecular complexity index is 1510. The number of thiophene rings is 1. The number of nitrogens with two attached hydrogens (primary N) is 1. The van der Waals surface area contributed by atoms with Gasteiger partial charge in [0, 0.05) is 34.1 Å². The minimum absolute atomic E-state index is 0.0701. The van der Waals surface area contributed by atoms with Crippen LogP contribution in [0.15, 0.2) is 78.9 Å². The van der Waals surface area contributed by atoms with Crippen molar-refractivity contribution in [2.75, 3.05) is 26.3 Å². The molecule has 0 bridgehead atoms. The maximum atomic E-state index is 13.8. The fraction of sp³-hybridized carbons (Fsp3) is 0.226. The van der Waals surface area contributed by atoms with Crippen LogP contribution in [0.3, 0.4) is 0 Å². The van der Waals surface area contributed by atoms with Crippen LogP contribution in [0.5, 0.6) is 5.75 Å². The molecule has 2 amide bonds. The molecule has 0 aliphatic carbocycles.